The predicted molar refractivity (Wildman–Crippen MR) is 108 cm³/mol. The molecule has 0 saturated heterocycles. The van der Waals surface area contributed by atoms with Crippen LogP contribution in [0.25, 0.3) is 0 Å². The zero-order valence-corrected chi connectivity index (χ0v) is 17.0. The summed E-state index contributed by atoms with van der Waals surface area (Å²) in [5.74, 6) is 0.235. The van der Waals surface area contributed by atoms with E-state index in [2.05, 4.69) is 5.32 Å². The van der Waals surface area contributed by atoms with Crippen LogP contribution in [0.2, 0.25) is 5.02 Å². The lowest BCUT2D eigenvalue weighted by molar-refractivity contribution is -0.122. The molecule has 146 valence electrons. The molecule has 0 heterocycles. The third-order valence-corrected chi connectivity index (χ3v) is 5.36. The number of hydrogen-bond donors (Lipinski definition) is 1. The zero-order chi connectivity index (χ0) is 20.0. The van der Waals surface area contributed by atoms with Crippen LogP contribution in [0.1, 0.15) is 19.4 Å². The molecule has 1 atom stereocenters. The summed E-state index contributed by atoms with van der Waals surface area (Å²) in [6.07, 6.45) is 1.08. The van der Waals surface area contributed by atoms with Crippen LogP contribution < -0.4 is 14.4 Å². The molecule has 0 saturated carbocycles. The van der Waals surface area contributed by atoms with Crippen LogP contribution in [0.15, 0.2) is 48.5 Å². The van der Waals surface area contributed by atoms with E-state index in [-0.39, 0.29) is 6.54 Å². The molecule has 27 heavy (non-hydrogen) atoms. The van der Waals surface area contributed by atoms with Gasteiger partial charge in [0, 0.05) is 11.6 Å². The van der Waals surface area contributed by atoms with Crippen molar-refractivity contribution in [3.63, 3.8) is 0 Å². The number of nitrogens with one attached hydrogen (secondary N) is 1. The molecule has 2 aromatic carbocycles. The number of halogens is 1. The number of benzene rings is 2. The van der Waals surface area contributed by atoms with Crippen LogP contribution >= 0.6 is 11.6 Å². The van der Waals surface area contributed by atoms with Gasteiger partial charge in [-0.15, -0.1) is 0 Å². The van der Waals surface area contributed by atoms with E-state index in [0.717, 1.165) is 16.1 Å². The lowest BCUT2D eigenvalue weighted by Crippen LogP contribution is -2.47. The molecule has 6 nitrogen and oxygen atoms in total. The molecule has 2 rings (SSSR count). The second kappa shape index (κ2) is 9.10. The average Bonchev–Trinajstić information content (AvgIpc) is 2.61. The number of carbonyl (C=O) groups excluding carboxylic acids is 1. The van der Waals surface area contributed by atoms with Gasteiger partial charge in [-0.2, -0.15) is 0 Å². The van der Waals surface area contributed by atoms with Gasteiger partial charge in [0.2, 0.25) is 15.9 Å². The van der Waals surface area contributed by atoms with Crippen LogP contribution in [0.3, 0.4) is 0 Å². The number of sulfonamides is 1. The van der Waals surface area contributed by atoms with Gasteiger partial charge in [0.25, 0.3) is 0 Å². The maximum atomic E-state index is 12.5. The summed E-state index contributed by atoms with van der Waals surface area (Å²) < 4.78 is 31.1. The largest absolute Gasteiger partial charge is 0.494 e. The topological polar surface area (TPSA) is 75.7 Å². The Balaban J connectivity index is 2.15. The number of hydrogen-bond acceptors (Lipinski definition) is 4. The predicted octanol–water partition coefficient (Wildman–Crippen LogP) is 3.21. The first-order valence-corrected chi connectivity index (χ1v) is 10.7. The molecule has 0 radical (unpaired) electrons. The maximum absolute atomic E-state index is 12.5. The van der Waals surface area contributed by atoms with E-state index in [9.17, 15) is 13.2 Å². The highest BCUT2D eigenvalue weighted by Crippen LogP contribution is 2.24. The van der Waals surface area contributed by atoms with Gasteiger partial charge in [0.1, 0.15) is 11.8 Å². The van der Waals surface area contributed by atoms with Crippen molar-refractivity contribution in [3.8, 4) is 5.75 Å². The van der Waals surface area contributed by atoms with Crippen LogP contribution in [-0.4, -0.2) is 33.2 Å². The summed E-state index contributed by atoms with van der Waals surface area (Å²) in [6, 6.07) is 12.7. The minimum absolute atomic E-state index is 0.279. The third-order valence-electron chi connectivity index (χ3n) is 3.87. The first-order valence-electron chi connectivity index (χ1n) is 8.46. The molecular weight excluding hydrogens is 388 g/mol. The fourth-order valence-corrected chi connectivity index (χ4v) is 3.90. The molecule has 8 heteroatoms. The lowest BCUT2D eigenvalue weighted by atomic mass is 10.2. The van der Waals surface area contributed by atoms with Crippen molar-refractivity contribution in [2.24, 2.45) is 0 Å². The van der Waals surface area contributed by atoms with Gasteiger partial charge in [-0.05, 0) is 55.8 Å². The molecule has 0 unspecified atom stereocenters. The number of nitrogens with zero attached hydrogens (tertiary/aromatic N) is 1. The highest BCUT2D eigenvalue weighted by atomic mass is 35.5. The molecule has 1 amide bonds. The van der Waals surface area contributed by atoms with Gasteiger partial charge in [0.05, 0.1) is 18.6 Å². The van der Waals surface area contributed by atoms with Gasteiger partial charge < -0.3 is 10.1 Å². The Morgan fingerprint density at radius 1 is 1.15 bits per heavy atom. The first-order chi connectivity index (χ1) is 12.7. The molecular formula is C19H23ClN2O4S. The number of carbonyl (C=O) groups is 1. The van der Waals surface area contributed by atoms with Crippen molar-refractivity contribution in [1.29, 1.82) is 0 Å². The first kappa shape index (κ1) is 21.1. The minimum Gasteiger partial charge on any atom is -0.494 e. The molecule has 1 N–H and O–H groups in total. The van der Waals surface area contributed by atoms with E-state index < -0.39 is 22.0 Å². The summed E-state index contributed by atoms with van der Waals surface area (Å²) in [5.41, 5.74) is 1.27. The molecule has 0 spiro atoms. The Labute approximate surface area is 165 Å². The van der Waals surface area contributed by atoms with E-state index in [4.69, 9.17) is 16.3 Å². The van der Waals surface area contributed by atoms with Crippen LogP contribution in [0.4, 0.5) is 5.69 Å². The molecule has 0 aliphatic heterocycles. The molecule has 0 fully saturated rings. The van der Waals surface area contributed by atoms with Crippen molar-refractivity contribution in [1.82, 2.24) is 5.32 Å². The smallest absolute Gasteiger partial charge is 0.243 e. The third kappa shape index (κ3) is 5.87. The molecule has 0 aliphatic rings. The van der Waals surface area contributed by atoms with E-state index in [1.165, 1.54) is 0 Å². The second-order valence-electron chi connectivity index (χ2n) is 6.01. The highest BCUT2D eigenvalue weighted by molar-refractivity contribution is 7.92. The monoisotopic (exact) mass is 410 g/mol. The Hall–Kier alpha value is -2.25. The van der Waals surface area contributed by atoms with Gasteiger partial charge in [0.15, 0.2) is 0 Å². The van der Waals surface area contributed by atoms with Gasteiger partial charge >= 0.3 is 0 Å². The van der Waals surface area contributed by atoms with Crippen molar-refractivity contribution >= 4 is 33.2 Å². The van der Waals surface area contributed by atoms with Crippen molar-refractivity contribution < 1.29 is 17.9 Å². The summed E-state index contributed by atoms with van der Waals surface area (Å²) in [4.78, 5) is 12.5. The second-order valence-corrected chi connectivity index (χ2v) is 8.30. The molecule has 0 bridgehead atoms. The lowest BCUT2D eigenvalue weighted by Gasteiger charge is -2.28. The summed E-state index contributed by atoms with van der Waals surface area (Å²) in [6.45, 7) is 4.21. The standard InChI is InChI=1S/C19H23ClN2O4S/c1-4-26-18-11-9-17(10-12-18)22(27(3,24)25)14(2)19(23)21-13-15-5-7-16(20)8-6-15/h5-12,14H,4,13H2,1-3H3,(H,21,23)/t14-/m1/s1. The zero-order valence-electron chi connectivity index (χ0n) is 15.5. The van der Waals surface area contributed by atoms with Gasteiger partial charge in [-0.3, -0.25) is 9.10 Å². The minimum atomic E-state index is -3.66. The Morgan fingerprint density at radius 2 is 1.74 bits per heavy atom. The van der Waals surface area contributed by atoms with Crippen molar-refractivity contribution in [2.45, 2.75) is 26.4 Å². The van der Waals surface area contributed by atoms with E-state index in [1.54, 1.807) is 55.5 Å². The van der Waals surface area contributed by atoms with Crippen LogP contribution in [-0.2, 0) is 21.4 Å². The summed E-state index contributed by atoms with van der Waals surface area (Å²) in [5, 5.41) is 3.37. The Morgan fingerprint density at radius 3 is 2.26 bits per heavy atom. The molecule has 0 aliphatic carbocycles. The Bertz CT molecular complexity index is 868. The molecule has 2 aromatic rings. The number of anilines is 1. The normalized spacial score (nSPS) is 12.3. The van der Waals surface area contributed by atoms with Gasteiger partial charge in [-0.25, -0.2) is 8.42 Å². The van der Waals surface area contributed by atoms with Crippen molar-refractivity contribution in [3.05, 3.63) is 59.1 Å². The average molecular weight is 411 g/mol. The van der Waals surface area contributed by atoms with Crippen LogP contribution in [0.5, 0.6) is 5.75 Å². The van der Waals surface area contributed by atoms with Crippen LogP contribution in [0, 0.1) is 0 Å². The highest BCUT2D eigenvalue weighted by Gasteiger charge is 2.29. The fraction of sp³-hybridized carbons (Fsp3) is 0.316. The number of ether oxygens (including phenoxy) is 1. The fourth-order valence-electron chi connectivity index (χ4n) is 2.60. The van der Waals surface area contributed by atoms with E-state index in [1.807, 2.05) is 6.92 Å². The quantitative estimate of drug-likeness (QED) is 0.725. The van der Waals surface area contributed by atoms with Gasteiger partial charge in [-0.1, -0.05) is 23.7 Å². The molecule has 0 aromatic heterocycles. The SMILES string of the molecule is CCOc1ccc(N([C@H](C)C(=O)NCc2ccc(Cl)cc2)S(C)(=O)=O)cc1. The number of amides is 1. The summed E-state index contributed by atoms with van der Waals surface area (Å²) in [7, 11) is -3.66. The van der Waals surface area contributed by atoms with Crippen molar-refractivity contribution in [2.75, 3.05) is 17.2 Å². The Kier molecular flexibility index (Phi) is 7.10. The maximum Gasteiger partial charge on any atom is 0.243 e. The summed E-state index contributed by atoms with van der Waals surface area (Å²) >= 11 is 5.85. The van der Waals surface area contributed by atoms with E-state index >= 15 is 0 Å². The van der Waals surface area contributed by atoms with E-state index in [0.29, 0.717) is 23.1 Å². The number of rotatable bonds is 8.